The van der Waals surface area contributed by atoms with Crippen molar-refractivity contribution in [1.29, 1.82) is 0 Å². The highest BCUT2D eigenvalue weighted by molar-refractivity contribution is 7.11. The predicted molar refractivity (Wildman–Crippen MR) is 94.6 cm³/mol. The minimum atomic E-state index is -2.70. The van der Waals surface area contributed by atoms with Crippen LogP contribution in [0.5, 0.6) is 0 Å². The van der Waals surface area contributed by atoms with E-state index >= 15 is 0 Å². The minimum absolute atomic E-state index is 0.184. The molecular weight excluding hydrogens is 378 g/mol. The van der Waals surface area contributed by atoms with Crippen LogP contribution in [-0.4, -0.2) is 57.8 Å². The Balaban J connectivity index is 1.69. The molecule has 1 unspecified atom stereocenters. The first kappa shape index (κ1) is 17.6. The number of amidine groups is 1. The van der Waals surface area contributed by atoms with Gasteiger partial charge in [0.15, 0.2) is 10.8 Å². The number of rotatable bonds is 4. The first-order chi connectivity index (χ1) is 13.1. The average molecular weight is 394 g/mol. The van der Waals surface area contributed by atoms with Crippen molar-refractivity contribution in [2.24, 2.45) is 4.99 Å². The predicted octanol–water partition coefficient (Wildman–Crippen LogP) is 2.34. The van der Waals surface area contributed by atoms with Crippen LogP contribution in [0.4, 0.5) is 13.6 Å². The number of alkyl carbamates (subject to hydrolysis) is 1. The van der Waals surface area contributed by atoms with E-state index in [1.165, 1.54) is 30.8 Å². The van der Waals surface area contributed by atoms with Crippen LogP contribution < -0.4 is 5.32 Å². The molecule has 8 nitrogen and oxygen atoms in total. The summed E-state index contributed by atoms with van der Waals surface area (Å²) in [6.07, 6.45) is 4.46. The highest BCUT2D eigenvalue weighted by Crippen LogP contribution is 2.35. The number of hydrogen-bond donors (Lipinski definition) is 1. The number of nitrogens with one attached hydrogen (secondary N) is 1. The molecule has 11 heteroatoms. The summed E-state index contributed by atoms with van der Waals surface area (Å²) in [6, 6.07) is -0.184. The first-order valence-corrected chi connectivity index (χ1v) is 9.06. The molecule has 1 amide bonds. The van der Waals surface area contributed by atoms with E-state index in [2.05, 4.69) is 25.1 Å². The van der Waals surface area contributed by atoms with Crippen LogP contribution >= 0.6 is 11.3 Å². The maximum absolute atomic E-state index is 12.9. The third-order valence-electron chi connectivity index (χ3n) is 4.44. The van der Waals surface area contributed by atoms with Crippen molar-refractivity contribution < 1.29 is 18.3 Å². The van der Waals surface area contributed by atoms with E-state index in [0.717, 1.165) is 22.1 Å². The van der Waals surface area contributed by atoms with Crippen molar-refractivity contribution in [3.63, 3.8) is 0 Å². The zero-order chi connectivity index (χ0) is 19.0. The Morgan fingerprint density at radius 1 is 1.48 bits per heavy atom. The number of hydrogen-bond acceptors (Lipinski definition) is 7. The van der Waals surface area contributed by atoms with E-state index in [1.807, 2.05) is 10.3 Å². The molecule has 1 N–H and O–H groups in total. The highest BCUT2D eigenvalue weighted by atomic mass is 32.1. The van der Waals surface area contributed by atoms with Crippen LogP contribution in [-0.2, 0) is 4.74 Å². The highest BCUT2D eigenvalue weighted by Gasteiger charge is 2.36. The van der Waals surface area contributed by atoms with Gasteiger partial charge in [-0.1, -0.05) is 0 Å². The fourth-order valence-corrected chi connectivity index (χ4v) is 3.92. The van der Waals surface area contributed by atoms with Crippen molar-refractivity contribution in [2.75, 3.05) is 20.2 Å². The molecule has 4 rings (SSSR count). The number of aliphatic imine (C=N–C) groups is 1. The number of amides is 1. The number of thiazole rings is 1. The van der Waals surface area contributed by atoms with Gasteiger partial charge in [-0.3, -0.25) is 4.99 Å². The van der Waals surface area contributed by atoms with Crippen LogP contribution in [0.3, 0.4) is 0 Å². The Morgan fingerprint density at radius 2 is 2.33 bits per heavy atom. The lowest BCUT2D eigenvalue weighted by Crippen LogP contribution is -2.39. The standard InChI is InChI=1S/C16H16F2N6O2S/c1-26-16(25)22-10-4-12-11(9-5-21-24(7-9)15(17)18)6-20-13(23(12)8-10)14-19-2-3-27-14/h2-3,5,7,10,15H,4,6,8H2,1H3,(H,22,25). The maximum atomic E-state index is 12.9. The Hall–Kier alpha value is -2.82. The number of alkyl halides is 2. The molecule has 1 atom stereocenters. The molecule has 0 aromatic carbocycles. The van der Waals surface area contributed by atoms with E-state index in [-0.39, 0.29) is 6.04 Å². The summed E-state index contributed by atoms with van der Waals surface area (Å²) >= 11 is 1.47. The normalized spacial score (nSPS) is 19.3. The zero-order valence-electron chi connectivity index (χ0n) is 14.3. The number of halogens is 2. The van der Waals surface area contributed by atoms with Gasteiger partial charge in [0.25, 0.3) is 0 Å². The minimum Gasteiger partial charge on any atom is -0.453 e. The molecule has 27 heavy (non-hydrogen) atoms. The Labute approximate surface area is 157 Å². The van der Waals surface area contributed by atoms with Crippen LogP contribution in [0.25, 0.3) is 5.57 Å². The summed E-state index contributed by atoms with van der Waals surface area (Å²) < 4.78 is 31.1. The summed E-state index contributed by atoms with van der Waals surface area (Å²) in [4.78, 5) is 22.5. The van der Waals surface area contributed by atoms with Gasteiger partial charge in [-0.2, -0.15) is 13.9 Å². The number of fused-ring (bicyclic) bond motifs is 1. The fraction of sp³-hybridized carbons (Fsp3) is 0.375. The first-order valence-electron chi connectivity index (χ1n) is 8.18. The number of methoxy groups -OCH3 is 1. The molecule has 2 aliphatic heterocycles. The van der Waals surface area contributed by atoms with Gasteiger partial charge in [0.1, 0.15) is 0 Å². The van der Waals surface area contributed by atoms with Crippen LogP contribution in [0.1, 0.15) is 23.5 Å². The van der Waals surface area contributed by atoms with Crippen LogP contribution in [0.2, 0.25) is 0 Å². The average Bonchev–Trinajstić information content (AvgIpc) is 3.40. The van der Waals surface area contributed by atoms with Crippen molar-refractivity contribution in [2.45, 2.75) is 19.0 Å². The molecule has 2 aliphatic rings. The van der Waals surface area contributed by atoms with Gasteiger partial charge in [0, 0.05) is 47.6 Å². The van der Waals surface area contributed by atoms with Crippen molar-refractivity contribution in [1.82, 2.24) is 25.0 Å². The third-order valence-corrected chi connectivity index (χ3v) is 5.21. The van der Waals surface area contributed by atoms with Gasteiger partial charge >= 0.3 is 12.6 Å². The molecule has 0 saturated carbocycles. The monoisotopic (exact) mass is 394 g/mol. The second-order valence-corrected chi connectivity index (χ2v) is 6.93. The lowest BCUT2D eigenvalue weighted by molar-refractivity contribution is 0.0566. The van der Waals surface area contributed by atoms with Gasteiger partial charge in [-0.25, -0.2) is 14.5 Å². The summed E-state index contributed by atoms with van der Waals surface area (Å²) in [5, 5.41) is 9.15. The molecule has 142 valence electrons. The quantitative estimate of drug-likeness (QED) is 0.861. The summed E-state index contributed by atoms with van der Waals surface area (Å²) in [5.41, 5.74) is 2.33. The smallest absolute Gasteiger partial charge is 0.407 e. The SMILES string of the molecule is COC(=O)NC1CC2=C(c3cnn(C(F)F)c3)CN=C(c3nccs3)N2C1. The van der Waals surface area contributed by atoms with E-state index < -0.39 is 12.6 Å². The van der Waals surface area contributed by atoms with Gasteiger partial charge in [0.2, 0.25) is 0 Å². The Morgan fingerprint density at radius 3 is 3.00 bits per heavy atom. The molecule has 0 spiro atoms. The Kier molecular flexibility index (Phi) is 4.60. The maximum Gasteiger partial charge on any atom is 0.407 e. The summed E-state index contributed by atoms with van der Waals surface area (Å²) in [5.74, 6) is 0.721. The van der Waals surface area contributed by atoms with Crippen molar-refractivity contribution >= 4 is 28.8 Å². The van der Waals surface area contributed by atoms with Crippen molar-refractivity contribution in [3.05, 3.63) is 40.2 Å². The van der Waals surface area contributed by atoms with Crippen LogP contribution in [0.15, 0.2) is 34.7 Å². The molecule has 1 saturated heterocycles. The molecule has 0 bridgehead atoms. The van der Waals surface area contributed by atoms with Gasteiger partial charge in [0.05, 0.1) is 25.9 Å². The second kappa shape index (κ2) is 7.06. The van der Waals surface area contributed by atoms with E-state index in [9.17, 15) is 13.6 Å². The zero-order valence-corrected chi connectivity index (χ0v) is 15.1. The van der Waals surface area contributed by atoms with Crippen molar-refractivity contribution in [3.8, 4) is 0 Å². The summed E-state index contributed by atoms with van der Waals surface area (Å²) in [7, 11) is 1.31. The Bertz CT molecular complexity index is 908. The molecule has 2 aromatic rings. The largest absolute Gasteiger partial charge is 0.453 e. The number of aromatic nitrogens is 3. The van der Waals surface area contributed by atoms with E-state index in [0.29, 0.717) is 29.8 Å². The molecule has 0 radical (unpaired) electrons. The molecule has 1 fully saturated rings. The lowest BCUT2D eigenvalue weighted by Gasteiger charge is -2.27. The van der Waals surface area contributed by atoms with Gasteiger partial charge in [-0.05, 0) is 0 Å². The molecule has 2 aromatic heterocycles. The molecule has 4 heterocycles. The van der Waals surface area contributed by atoms with Gasteiger partial charge in [-0.15, -0.1) is 11.3 Å². The van der Waals surface area contributed by atoms with E-state index in [1.54, 1.807) is 6.20 Å². The number of carbonyl (C=O) groups excluding carboxylic acids is 1. The number of nitrogens with zero attached hydrogens (tertiary/aromatic N) is 5. The molecular formula is C16H16F2N6O2S. The molecule has 0 aliphatic carbocycles. The van der Waals surface area contributed by atoms with E-state index in [4.69, 9.17) is 0 Å². The fourth-order valence-electron chi connectivity index (χ4n) is 3.27. The van der Waals surface area contributed by atoms with Crippen LogP contribution in [0, 0.1) is 0 Å². The lowest BCUT2D eigenvalue weighted by atomic mass is 10.0. The third kappa shape index (κ3) is 3.29. The summed E-state index contributed by atoms with van der Waals surface area (Å²) in [6.45, 7) is -1.87. The number of carbonyl (C=O) groups is 1. The second-order valence-electron chi connectivity index (χ2n) is 6.04. The van der Waals surface area contributed by atoms with Gasteiger partial charge < -0.3 is 15.0 Å². The number of ether oxygens (including phenoxy) is 1. The topological polar surface area (TPSA) is 84.6 Å².